The molecule has 0 unspecified atom stereocenters. The molecule has 3 aromatic rings. The maximum Gasteiger partial charge on any atom is 0.231 e. The molecular formula is C15H10N2O4. The molecule has 0 saturated carbocycles. The van der Waals surface area contributed by atoms with Crippen molar-refractivity contribution in [2.45, 2.75) is 0 Å². The highest BCUT2D eigenvalue weighted by atomic mass is 16.7. The minimum absolute atomic E-state index is 0.170. The van der Waals surface area contributed by atoms with E-state index in [2.05, 4.69) is 9.97 Å². The summed E-state index contributed by atoms with van der Waals surface area (Å²) < 4.78 is 10.6. The number of aromatic hydroxyl groups is 2. The van der Waals surface area contributed by atoms with Gasteiger partial charge in [-0.25, -0.2) is 4.98 Å². The highest BCUT2D eigenvalue weighted by Gasteiger charge is 2.16. The van der Waals surface area contributed by atoms with Crippen LogP contribution >= 0.6 is 0 Å². The fraction of sp³-hybridized carbons (Fsp3) is 0.0667. The lowest BCUT2D eigenvalue weighted by atomic mass is 10.1. The second-order valence-electron chi connectivity index (χ2n) is 4.65. The second kappa shape index (κ2) is 4.24. The van der Waals surface area contributed by atoms with E-state index in [4.69, 9.17) is 9.47 Å². The summed E-state index contributed by atoms with van der Waals surface area (Å²) in [7, 11) is 0. The van der Waals surface area contributed by atoms with E-state index in [1.165, 1.54) is 12.1 Å². The lowest BCUT2D eigenvalue weighted by Crippen LogP contribution is -1.92. The van der Waals surface area contributed by atoms with Gasteiger partial charge in [-0.3, -0.25) is 4.98 Å². The van der Waals surface area contributed by atoms with E-state index in [0.717, 1.165) is 0 Å². The number of phenolic OH excluding ortho intramolecular Hbond substituents is 2. The Balaban J connectivity index is 1.86. The number of hydrogen-bond acceptors (Lipinski definition) is 6. The number of hydrogen-bond donors (Lipinski definition) is 2. The van der Waals surface area contributed by atoms with Gasteiger partial charge in [0.1, 0.15) is 0 Å². The Morgan fingerprint density at radius 2 is 1.67 bits per heavy atom. The van der Waals surface area contributed by atoms with Gasteiger partial charge in [-0.1, -0.05) is 0 Å². The second-order valence-corrected chi connectivity index (χ2v) is 4.65. The van der Waals surface area contributed by atoms with Gasteiger partial charge in [0.05, 0.1) is 22.9 Å². The molecule has 0 fully saturated rings. The van der Waals surface area contributed by atoms with Crippen molar-refractivity contribution in [3.8, 4) is 34.3 Å². The molecule has 6 heteroatoms. The van der Waals surface area contributed by atoms with Crippen LogP contribution < -0.4 is 9.47 Å². The number of rotatable bonds is 1. The van der Waals surface area contributed by atoms with Gasteiger partial charge in [-0.2, -0.15) is 0 Å². The molecule has 0 spiro atoms. The van der Waals surface area contributed by atoms with Crippen molar-refractivity contribution >= 4 is 11.0 Å². The third-order valence-corrected chi connectivity index (χ3v) is 3.31. The lowest BCUT2D eigenvalue weighted by molar-refractivity contribution is 0.174. The molecule has 6 nitrogen and oxygen atoms in total. The zero-order valence-corrected chi connectivity index (χ0v) is 10.8. The first-order valence-electron chi connectivity index (χ1n) is 6.29. The molecule has 21 heavy (non-hydrogen) atoms. The Morgan fingerprint density at radius 3 is 2.43 bits per heavy atom. The Labute approximate surface area is 119 Å². The fourth-order valence-electron chi connectivity index (χ4n) is 2.22. The zero-order chi connectivity index (χ0) is 14.4. The van der Waals surface area contributed by atoms with Crippen molar-refractivity contribution in [1.82, 2.24) is 9.97 Å². The third-order valence-electron chi connectivity index (χ3n) is 3.31. The smallest absolute Gasteiger partial charge is 0.231 e. The first kappa shape index (κ1) is 11.8. The van der Waals surface area contributed by atoms with Crippen LogP contribution in [-0.2, 0) is 0 Å². The van der Waals surface area contributed by atoms with E-state index in [1.54, 1.807) is 24.4 Å². The molecule has 4 rings (SSSR count). The first-order valence-corrected chi connectivity index (χ1v) is 6.29. The molecule has 0 atom stereocenters. The number of aromatic nitrogens is 2. The number of phenols is 2. The van der Waals surface area contributed by atoms with Crippen molar-refractivity contribution in [2.24, 2.45) is 0 Å². The molecule has 0 saturated heterocycles. The lowest BCUT2D eigenvalue weighted by Gasteiger charge is -2.05. The standard InChI is InChI=1S/C15H10N2O4/c18-12-2-1-8(3-13(12)19)11-6-16-9-4-14-15(21-7-20-14)5-10(9)17-11/h1-6,18-19H,7H2. The Hall–Kier alpha value is -3.02. The van der Waals surface area contributed by atoms with E-state index in [1.807, 2.05) is 0 Å². The minimum atomic E-state index is -0.194. The van der Waals surface area contributed by atoms with E-state index in [9.17, 15) is 10.2 Å². The van der Waals surface area contributed by atoms with Crippen LogP contribution in [0, 0.1) is 0 Å². The summed E-state index contributed by atoms with van der Waals surface area (Å²) in [5.41, 5.74) is 2.63. The van der Waals surface area contributed by atoms with Gasteiger partial charge in [0.2, 0.25) is 6.79 Å². The van der Waals surface area contributed by atoms with Crippen LogP contribution in [0.25, 0.3) is 22.3 Å². The van der Waals surface area contributed by atoms with Gasteiger partial charge in [0, 0.05) is 17.7 Å². The zero-order valence-electron chi connectivity index (χ0n) is 10.8. The molecule has 0 radical (unpaired) electrons. The van der Waals surface area contributed by atoms with E-state index < -0.39 is 0 Å². The van der Waals surface area contributed by atoms with Crippen LogP contribution in [0.15, 0.2) is 36.5 Å². The molecule has 0 aliphatic carbocycles. The Bertz CT molecular complexity index is 864. The van der Waals surface area contributed by atoms with Crippen molar-refractivity contribution < 1.29 is 19.7 Å². The summed E-state index contributed by atoms with van der Waals surface area (Å²) in [5.74, 6) is 0.935. The van der Waals surface area contributed by atoms with Gasteiger partial charge in [-0.05, 0) is 18.2 Å². The molecule has 1 aliphatic heterocycles. The van der Waals surface area contributed by atoms with Crippen molar-refractivity contribution in [3.63, 3.8) is 0 Å². The monoisotopic (exact) mass is 282 g/mol. The van der Waals surface area contributed by atoms with Crippen LogP contribution in [-0.4, -0.2) is 27.0 Å². The quantitative estimate of drug-likeness (QED) is 0.667. The fourth-order valence-corrected chi connectivity index (χ4v) is 2.22. The SMILES string of the molecule is Oc1ccc(-c2cnc3cc4c(cc3n2)OCO4)cc1O. The summed E-state index contributed by atoms with van der Waals surface area (Å²) in [4.78, 5) is 8.85. The first-order chi connectivity index (χ1) is 10.2. The Morgan fingerprint density at radius 1 is 0.905 bits per heavy atom. The summed E-state index contributed by atoms with van der Waals surface area (Å²) in [6.45, 7) is 0.199. The normalized spacial score (nSPS) is 12.8. The van der Waals surface area contributed by atoms with E-state index in [0.29, 0.717) is 33.8 Å². The molecular weight excluding hydrogens is 272 g/mol. The van der Waals surface area contributed by atoms with Gasteiger partial charge >= 0.3 is 0 Å². The maximum atomic E-state index is 9.57. The van der Waals surface area contributed by atoms with Crippen LogP contribution in [0.1, 0.15) is 0 Å². The summed E-state index contributed by atoms with van der Waals surface area (Å²) in [6.07, 6.45) is 1.61. The van der Waals surface area contributed by atoms with E-state index >= 15 is 0 Å². The number of ether oxygens (including phenoxy) is 2. The van der Waals surface area contributed by atoms with Crippen molar-refractivity contribution in [3.05, 3.63) is 36.5 Å². The number of nitrogens with zero attached hydrogens (tertiary/aromatic N) is 2. The highest BCUT2D eigenvalue weighted by molar-refractivity contribution is 5.81. The predicted molar refractivity (Wildman–Crippen MR) is 74.4 cm³/mol. The largest absolute Gasteiger partial charge is 0.504 e. The van der Waals surface area contributed by atoms with Crippen LogP contribution in [0.4, 0.5) is 0 Å². The summed E-state index contributed by atoms with van der Waals surface area (Å²) in [5, 5.41) is 18.9. The van der Waals surface area contributed by atoms with Crippen molar-refractivity contribution in [1.29, 1.82) is 0 Å². The van der Waals surface area contributed by atoms with Crippen LogP contribution in [0.5, 0.6) is 23.0 Å². The average molecular weight is 282 g/mol. The minimum Gasteiger partial charge on any atom is -0.504 e. The Kier molecular flexibility index (Phi) is 2.38. The van der Waals surface area contributed by atoms with Crippen molar-refractivity contribution in [2.75, 3.05) is 6.79 Å². The van der Waals surface area contributed by atoms with Gasteiger partial charge in [0.25, 0.3) is 0 Å². The van der Waals surface area contributed by atoms with Gasteiger partial charge < -0.3 is 19.7 Å². The van der Waals surface area contributed by atoms with Crippen LogP contribution in [0.3, 0.4) is 0 Å². The maximum absolute atomic E-state index is 9.57. The summed E-state index contributed by atoms with van der Waals surface area (Å²) >= 11 is 0. The van der Waals surface area contributed by atoms with Gasteiger partial charge in [-0.15, -0.1) is 0 Å². The molecule has 104 valence electrons. The molecule has 0 bridgehead atoms. The highest BCUT2D eigenvalue weighted by Crippen LogP contribution is 2.36. The number of benzene rings is 2. The molecule has 2 aromatic carbocycles. The molecule has 0 amide bonds. The average Bonchev–Trinajstić information content (AvgIpc) is 2.94. The predicted octanol–water partition coefficient (Wildman–Crippen LogP) is 2.44. The third kappa shape index (κ3) is 1.88. The molecule has 1 aromatic heterocycles. The van der Waals surface area contributed by atoms with Gasteiger partial charge in [0.15, 0.2) is 23.0 Å². The topological polar surface area (TPSA) is 84.7 Å². The molecule has 1 aliphatic rings. The molecule has 2 N–H and O–H groups in total. The van der Waals surface area contributed by atoms with Crippen LogP contribution in [0.2, 0.25) is 0 Å². The summed E-state index contributed by atoms with van der Waals surface area (Å²) in [6, 6.07) is 8.07. The number of fused-ring (bicyclic) bond motifs is 2. The van der Waals surface area contributed by atoms with E-state index in [-0.39, 0.29) is 18.3 Å². The molecule has 2 heterocycles.